The van der Waals surface area contributed by atoms with Crippen molar-refractivity contribution in [2.24, 2.45) is 0 Å². The average Bonchev–Trinajstić information content (AvgIpc) is 2.82. The van der Waals surface area contributed by atoms with Gasteiger partial charge in [0.1, 0.15) is 0 Å². The van der Waals surface area contributed by atoms with Crippen LogP contribution in [0.25, 0.3) is 0 Å². The van der Waals surface area contributed by atoms with E-state index in [1.807, 2.05) is 0 Å². The third-order valence-electron chi connectivity index (χ3n) is 4.33. The van der Waals surface area contributed by atoms with E-state index in [0.29, 0.717) is 6.10 Å². The fourth-order valence-corrected chi connectivity index (χ4v) is 3.26. The predicted octanol–water partition coefficient (Wildman–Crippen LogP) is 2.82. The van der Waals surface area contributed by atoms with Crippen molar-refractivity contribution >= 4 is 0 Å². The van der Waals surface area contributed by atoms with Crippen LogP contribution in [0, 0.1) is 0 Å². The smallest absolute Gasteiger partial charge is 0.0807 e. The van der Waals surface area contributed by atoms with Gasteiger partial charge in [-0.15, -0.1) is 0 Å². The lowest BCUT2D eigenvalue weighted by molar-refractivity contribution is 0.00867. The molecule has 1 aromatic heterocycles. The minimum Gasteiger partial charge on any atom is -0.388 e. The molecule has 1 saturated heterocycles. The molecule has 3 heteroatoms. The Morgan fingerprint density at radius 1 is 1.28 bits per heavy atom. The Morgan fingerprint density at radius 2 is 2.22 bits per heavy atom. The van der Waals surface area contributed by atoms with Crippen LogP contribution in [0.3, 0.4) is 0 Å². The summed E-state index contributed by atoms with van der Waals surface area (Å²) in [5, 5.41) is 9.95. The first-order chi connectivity index (χ1) is 8.84. The van der Waals surface area contributed by atoms with Crippen LogP contribution in [0.1, 0.15) is 55.9 Å². The van der Waals surface area contributed by atoms with Gasteiger partial charge in [-0.3, -0.25) is 0 Å². The number of hydrogen-bond acceptors (Lipinski definition) is 2. The van der Waals surface area contributed by atoms with Gasteiger partial charge in [-0.05, 0) is 51.0 Å². The number of aliphatic hydroxyl groups excluding tert-OH is 1. The molecule has 0 bridgehead atoms. The van der Waals surface area contributed by atoms with Crippen molar-refractivity contribution in [2.75, 3.05) is 6.61 Å². The molecule has 18 heavy (non-hydrogen) atoms. The summed E-state index contributed by atoms with van der Waals surface area (Å²) in [6, 6.07) is 2.10. The minimum absolute atomic E-state index is 0.235. The largest absolute Gasteiger partial charge is 0.388 e. The molecule has 3 rings (SSSR count). The summed E-state index contributed by atoms with van der Waals surface area (Å²) in [7, 11) is 0. The van der Waals surface area contributed by atoms with Crippen LogP contribution in [0.2, 0.25) is 0 Å². The SMILES string of the molecule is OC1CCCc2c1ccn2CCC1CCCCO1. The van der Waals surface area contributed by atoms with E-state index in [9.17, 15) is 5.11 Å². The second-order valence-corrected chi connectivity index (χ2v) is 5.60. The van der Waals surface area contributed by atoms with Crippen molar-refractivity contribution in [3.63, 3.8) is 0 Å². The summed E-state index contributed by atoms with van der Waals surface area (Å²) in [6.45, 7) is 1.97. The maximum Gasteiger partial charge on any atom is 0.0807 e. The van der Waals surface area contributed by atoms with Gasteiger partial charge in [0.05, 0.1) is 12.2 Å². The minimum atomic E-state index is -0.235. The van der Waals surface area contributed by atoms with Crippen molar-refractivity contribution in [3.05, 3.63) is 23.5 Å². The Labute approximate surface area is 109 Å². The van der Waals surface area contributed by atoms with E-state index < -0.39 is 0 Å². The van der Waals surface area contributed by atoms with Gasteiger partial charge < -0.3 is 14.4 Å². The van der Waals surface area contributed by atoms with E-state index in [2.05, 4.69) is 16.8 Å². The average molecular weight is 249 g/mol. The Balaban J connectivity index is 1.62. The van der Waals surface area contributed by atoms with Gasteiger partial charge >= 0.3 is 0 Å². The van der Waals surface area contributed by atoms with Crippen LogP contribution >= 0.6 is 0 Å². The van der Waals surface area contributed by atoms with Gasteiger partial charge in [-0.2, -0.15) is 0 Å². The highest BCUT2D eigenvalue weighted by molar-refractivity contribution is 5.27. The van der Waals surface area contributed by atoms with E-state index in [0.717, 1.165) is 44.4 Å². The quantitative estimate of drug-likeness (QED) is 0.894. The van der Waals surface area contributed by atoms with Gasteiger partial charge in [0.25, 0.3) is 0 Å². The normalized spacial score (nSPS) is 28.1. The highest BCUT2D eigenvalue weighted by Crippen LogP contribution is 2.30. The molecule has 2 aliphatic rings. The summed E-state index contributed by atoms with van der Waals surface area (Å²) in [6.07, 6.45) is 10.4. The van der Waals surface area contributed by atoms with E-state index in [4.69, 9.17) is 4.74 Å². The molecule has 2 unspecified atom stereocenters. The molecule has 0 aromatic carbocycles. The molecule has 1 N–H and O–H groups in total. The standard InChI is InChI=1S/C15H23NO2/c17-15-6-3-5-14-13(15)8-10-16(14)9-7-12-4-1-2-11-18-12/h8,10,12,15,17H,1-7,9,11H2. The van der Waals surface area contributed by atoms with Crippen molar-refractivity contribution < 1.29 is 9.84 Å². The molecular formula is C15H23NO2. The molecule has 2 heterocycles. The maximum absolute atomic E-state index is 9.95. The zero-order chi connectivity index (χ0) is 12.4. The van der Waals surface area contributed by atoms with Gasteiger partial charge in [-0.25, -0.2) is 0 Å². The summed E-state index contributed by atoms with van der Waals surface area (Å²) in [5.41, 5.74) is 2.51. The van der Waals surface area contributed by atoms with Crippen LogP contribution < -0.4 is 0 Å². The van der Waals surface area contributed by atoms with Crippen LogP contribution in [0.5, 0.6) is 0 Å². The zero-order valence-corrected chi connectivity index (χ0v) is 11.0. The fraction of sp³-hybridized carbons (Fsp3) is 0.733. The van der Waals surface area contributed by atoms with Gasteiger partial charge in [-0.1, -0.05) is 0 Å². The zero-order valence-electron chi connectivity index (χ0n) is 11.0. The number of aromatic nitrogens is 1. The Morgan fingerprint density at radius 3 is 3.06 bits per heavy atom. The Hall–Kier alpha value is -0.800. The molecule has 1 aliphatic carbocycles. The van der Waals surface area contributed by atoms with Crippen molar-refractivity contribution in [1.29, 1.82) is 0 Å². The second-order valence-electron chi connectivity index (χ2n) is 5.60. The number of fused-ring (bicyclic) bond motifs is 1. The molecule has 0 amide bonds. The first kappa shape index (κ1) is 12.2. The highest BCUT2D eigenvalue weighted by atomic mass is 16.5. The Kier molecular flexibility index (Phi) is 3.71. The summed E-state index contributed by atoms with van der Waals surface area (Å²) in [5.74, 6) is 0. The molecule has 3 nitrogen and oxygen atoms in total. The first-order valence-electron chi connectivity index (χ1n) is 7.32. The van der Waals surface area contributed by atoms with Crippen LogP contribution in [0.4, 0.5) is 0 Å². The summed E-state index contributed by atoms with van der Waals surface area (Å²) < 4.78 is 8.11. The lowest BCUT2D eigenvalue weighted by Gasteiger charge is -2.24. The van der Waals surface area contributed by atoms with Gasteiger partial charge in [0.2, 0.25) is 0 Å². The summed E-state index contributed by atoms with van der Waals surface area (Å²) in [4.78, 5) is 0. The number of nitrogens with zero attached hydrogens (tertiary/aromatic N) is 1. The van der Waals surface area contributed by atoms with E-state index in [-0.39, 0.29) is 6.10 Å². The topological polar surface area (TPSA) is 34.4 Å². The molecule has 0 radical (unpaired) electrons. The number of aliphatic hydroxyl groups is 1. The number of aryl methyl sites for hydroxylation is 1. The number of hydrogen-bond donors (Lipinski definition) is 1. The highest BCUT2D eigenvalue weighted by Gasteiger charge is 2.21. The molecule has 1 fully saturated rings. The van der Waals surface area contributed by atoms with Crippen LogP contribution in [-0.2, 0) is 17.7 Å². The molecular weight excluding hydrogens is 226 g/mol. The molecule has 1 aliphatic heterocycles. The fourth-order valence-electron chi connectivity index (χ4n) is 3.26. The molecule has 0 spiro atoms. The lowest BCUT2D eigenvalue weighted by Crippen LogP contribution is -2.21. The predicted molar refractivity (Wildman–Crippen MR) is 70.5 cm³/mol. The van der Waals surface area contributed by atoms with E-state index in [1.165, 1.54) is 25.0 Å². The summed E-state index contributed by atoms with van der Waals surface area (Å²) >= 11 is 0. The monoisotopic (exact) mass is 249 g/mol. The van der Waals surface area contributed by atoms with Crippen molar-refractivity contribution in [3.8, 4) is 0 Å². The first-order valence-corrected chi connectivity index (χ1v) is 7.32. The third kappa shape index (κ3) is 2.47. The number of rotatable bonds is 3. The Bertz CT molecular complexity index is 393. The molecule has 100 valence electrons. The van der Waals surface area contributed by atoms with Gasteiger partial charge in [0.15, 0.2) is 0 Å². The maximum atomic E-state index is 9.95. The second kappa shape index (κ2) is 5.45. The van der Waals surface area contributed by atoms with E-state index >= 15 is 0 Å². The van der Waals surface area contributed by atoms with Crippen LogP contribution in [-0.4, -0.2) is 22.4 Å². The van der Waals surface area contributed by atoms with Crippen molar-refractivity contribution in [1.82, 2.24) is 4.57 Å². The number of ether oxygens (including phenoxy) is 1. The van der Waals surface area contributed by atoms with Gasteiger partial charge in [0, 0.05) is 30.6 Å². The van der Waals surface area contributed by atoms with Crippen LogP contribution in [0.15, 0.2) is 12.3 Å². The molecule has 0 saturated carbocycles. The lowest BCUT2D eigenvalue weighted by atomic mass is 9.95. The van der Waals surface area contributed by atoms with E-state index in [1.54, 1.807) is 0 Å². The third-order valence-corrected chi connectivity index (χ3v) is 4.33. The molecule has 1 aromatic rings. The molecule has 2 atom stereocenters. The van der Waals surface area contributed by atoms with Crippen molar-refractivity contribution in [2.45, 2.75) is 63.7 Å².